The summed E-state index contributed by atoms with van der Waals surface area (Å²) in [5.41, 5.74) is 27.8. The molecule has 386 valence electrons. The summed E-state index contributed by atoms with van der Waals surface area (Å²) in [5.74, 6) is 2.97. The molecule has 80 heavy (non-hydrogen) atoms. The Kier molecular flexibility index (Phi) is 11.4. The van der Waals surface area contributed by atoms with Gasteiger partial charge in [0, 0.05) is 16.5 Å². The van der Waals surface area contributed by atoms with Gasteiger partial charge in [0.25, 0.3) is 0 Å². The van der Waals surface area contributed by atoms with Crippen molar-refractivity contribution in [2.24, 2.45) is 5.92 Å². The van der Waals surface area contributed by atoms with Crippen LogP contribution in [0.15, 0.2) is 249 Å². The van der Waals surface area contributed by atoms with Gasteiger partial charge in [-0.2, -0.15) is 0 Å². The summed E-state index contributed by atoms with van der Waals surface area (Å²) in [6.45, 7) is 9.75. The van der Waals surface area contributed by atoms with Gasteiger partial charge in [0.05, 0.1) is 17.1 Å². The molecule has 15 rings (SSSR count). The summed E-state index contributed by atoms with van der Waals surface area (Å²) in [7, 11) is 0. The van der Waals surface area contributed by atoms with Gasteiger partial charge in [-0.3, -0.25) is 0 Å². The van der Waals surface area contributed by atoms with Crippen LogP contribution in [-0.2, 0) is 10.8 Å². The molecule has 0 N–H and O–H groups in total. The second-order valence-electron chi connectivity index (χ2n) is 23.9. The lowest BCUT2D eigenvalue weighted by Gasteiger charge is -2.36. The van der Waals surface area contributed by atoms with Crippen LogP contribution in [0.1, 0.15) is 81.5 Å². The van der Waals surface area contributed by atoms with Gasteiger partial charge in [-0.05, 0) is 173 Å². The number of hydrogen-bond acceptors (Lipinski definition) is 2. The first-order chi connectivity index (χ1) is 39.2. The zero-order valence-electron chi connectivity index (χ0n) is 46.0. The Balaban J connectivity index is 0.985. The molecule has 0 aromatic heterocycles. The third-order valence-electron chi connectivity index (χ3n) is 18.8. The van der Waals surface area contributed by atoms with Crippen molar-refractivity contribution in [3.63, 3.8) is 0 Å². The maximum Gasteiger partial charge on any atom is 0.151 e. The van der Waals surface area contributed by atoms with Gasteiger partial charge >= 0.3 is 0 Å². The Morgan fingerprint density at radius 1 is 0.338 bits per heavy atom. The Hall–Kier alpha value is -8.98. The highest BCUT2D eigenvalue weighted by Gasteiger charge is 2.47. The maximum atomic E-state index is 7.20. The first-order valence-electron chi connectivity index (χ1n) is 28.9. The number of anilines is 3. The van der Waals surface area contributed by atoms with E-state index in [1.54, 1.807) is 5.56 Å². The van der Waals surface area contributed by atoms with Crippen molar-refractivity contribution in [1.82, 2.24) is 0 Å². The number of fused-ring (bicyclic) bond motifs is 8. The third kappa shape index (κ3) is 7.90. The number of benzene rings is 11. The molecule has 1 saturated carbocycles. The van der Waals surface area contributed by atoms with Gasteiger partial charge in [0.1, 0.15) is 0 Å². The smallest absolute Gasteiger partial charge is 0.151 e. The largest absolute Gasteiger partial charge is 0.453 e. The van der Waals surface area contributed by atoms with E-state index < -0.39 is 0 Å². The fraction of sp³-hybridized carbons (Fsp3) is 0.154. The van der Waals surface area contributed by atoms with E-state index in [0.29, 0.717) is 11.8 Å². The molecule has 0 bridgehead atoms. The van der Waals surface area contributed by atoms with Crippen LogP contribution in [0.4, 0.5) is 17.1 Å². The molecule has 11 aromatic rings. The van der Waals surface area contributed by atoms with Crippen LogP contribution in [-0.4, -0.2) is 0 Å². The molecule has 1 aliphatic heterocycles. The zero-order chi connectivity index (χ0) is 53.7. The summed E-state index contributed by atoms with van der Waals surface area (Å²) < 4.78 is 7.20. The van der Waals surface area contributed by atoms with Gasteiger partial charge in [0.15, 0.2) is 11.5 Å². The van der Waals surface area contributed by atoms with Crippen molar-refractivity contribution in [3.8, 4) is 101 Å². The highest BCUT2D eigenvalue weighted by Crippen LogP contribution is 2.60. The zero-order valence-corrected chi connectivity index (χ0v) is 46.0. The Morgan fingerprint density at radius 3 is 1.34 bits per heavy atom. The van der Waals surface area contributed by atoms with E-state index in [2.05, 4.69) is 281 Å². The van der Waals surface area contributed by atoms with E-state index in [1.165, 1.54) is 92.4 Å². The molecule has 11 aromatic carbocycles. The van der Waals surface area contributed by atoms with Crippen molar-refractivity contribution < 1.29 is 4.74 Å². The summed E-state index contributed by atoms with van der Waals surface area (Å²) in [6.07, 6.45) is 5.26. The maximum absolute atomic E-state index is 7.20. The highest BCUT2D eigenvalue weighted by atomic mass is 16.5. The number of nitrogens with zero attached hydrogens (tertiary/aromatic N) is 1. The molecule has 0 radical (unpaired) electrons. The van der Waals surface area contributed by atoms with Crippen LogP contribution in [0.2, 0.25) is 0 Å². The van der Waals surface area contributed by atoms with Crippen LogP contribution in [0.25, 0.3) is 89.0 Å². The van der Waals surface area contributed by atoms with Gasteiger partial charge in [-0.15, -0.1) is 0 Å². The minimum Gasteiger partial charge on any atom is -0.453 e. The van der Waals surface area contributed by atoms with E-state index >= 15 is 0 Å². The highest BCUT2D eigenvalue weighted by molar-refractivity contribution is 6.04. The van der Waals surface area contributed by atoms with Crippen molar-refractivity contribution >= 4 is 17.1 Å². The standard InChI is InChI=1S/C78H63NO/c1-77(2)68-26-16-14-24-62(68)64-40-36-57(46-70(64)77)59-38-42-74-72(48-59)79(73-49-60(39-43-75(73)80-74)58-37-41-65-63-25-15-17-27-69(63)78(3,4)71(65)47-58)76-66(55-32-28-53(29-33-55)50-18-8-5-9-19-50)44-61(52-22-12-7-13-23-52)45-67(76)56-34-30-54(31-35-56)51-20-10-6-11-21-51/h5-14,16,18-24,26,28-49,63,69H,15,17,25,27H2,1-4H3. The first-order valence-corrected chi connectivity index (χ1v) is 28.9. The second-order valence-corrected chi connectivity index (χ2v) is 23.9. The fourth-order valence-electron chi connectivity index (χ4n) is 14.5. The van der Waals surface area contributed by atoms with Crippen LogP contribution >= 0.6 is 0 Å². The SMILES string of the molecule is CC1(C)c2ccccc2-c2ccc(-c3ccc4c(c3)N(c3c(-c5ccc(-c6ccccc6)cc5)cc(-c5ccccc5)cc3-c3ccc(-c5ccccc5)cc3)c3cc(-c5ccc6c(c5)C(C)(C)C5CCCCC65)ccc3O4)cc21. The van der Waals surface area contributed by atoms with Crippen LogP contribution in [0, 0.1) is 5.92 Å². The molecule has 4 aliphatic rings. The molecule has 2 atom stereocenters. The Morgan fingerprint density at radius 2 is 0.762 bits per heavy atom. The molecule has 0 spiro atoms. The van der Waals surface area contributed by atoms with Crippen molar-refractivity contribution in [2.75, 3.05) is 4.90 Å². The molecule has 1 fully saturated rings. The van der Waals surface area contributed by atoms with E-state index in [4.69, 9.17) is 4.74 Å². The molecular weight excluding hydrogens is 967 g/mol. The molecule has 2 heteroatoms. The molecular formula is C78H63NO. The number of ether oxygens (including phenoxy) is 1. The summed E-state index contributed by atoms with van der Waals surface area (Å²) >= 11 is 0. The van der Waals surface area contributed by atoms with Crippen molar-refractivity contribution in [1.29, 1.82) is 0 Å². The first kappa shape index (κ1) is 48.2. The van der Waals surface area contributed by atoms with E-state index in [0.717, 1.165) is 67.5 Å². The molecule has 3 aliphatic carbocycles. The fourth-order valence-corrected chi connectivity index (χ4v) is 14.5. The quantitative estimate of drug-likeness (QED) is 0.150. The van der Waals surface area contributed by atoms with Gasteiger partial charge in [-0.1, -0.05) is 247 Å². The normalized spacial score (nSPS) is 16.8. The second kappa shape index (κ2) is 18.9. The van der Waals surface area contributed by atoms with Gasteiger partial charge in [-0.25, -0.2) is 0 Å². The van der Waals surface area contributed by atoms with Crippen LogP contribution in [0.5, 0.6) is 11.5 Å². The topological polar surface area (TPSA) is 12.5 Å². The van der Waals surface area contributed by atoms with Gasteiger partial charge < -0.3 is 9.64 Å². The lowest BCUT2D eigenvalue weighted by atomic mass is 9.70. The van der Waals surface area contributed by atoms with E-state index in [9.17, 15) is 0 Å². The minimum absolute atomic E-state index is 0.112. The third-order valence-corrected chi connectivity index (χ3v) is 18.8. The molecule has 0 saturated heterocycles. The number of hydrogen-bond donors (Lipinski definition) is 0. The molecule has 0 amide bonds. The van der Waals surface area contributed by atoms with Gasteiger partial charge in [0.2, 0.25) is 0 Å². The summed E-state index contributed by atoms with van der Waals surface area (Å²) in [6, 6.07) is 92.8. The molecule has 1 heterocycles. The lowest BCUT2D eigenvalue weighted by molar-refractivity contribution is 0.233. The van der Waals surface area contributed by atoms with E-state index in [-0.39, 0.29) is 10.8 Å². The molecule has 2 nitrogen and oxygen atoms in total. The predicted octanol–water partition coefficient (Wildman–Crippen LogP) is 21.8. The van der Waals surface area contributed by atoms with E-state index in [1.807, 2.05) is 0 Å². The number of rotatable bonds is 8. The monoisotopic (exact) mass is 1030 g/mol. The molecule has 2 unspecified atom stereocenters. The lowest BCUT2D eigenvalue weighted by Crippen LogP contribution is -2.28. The Bertz CT molecular complexity index is 4090. The summed E-state index contributed by atoms with van der Waals surface area (Å²) in [5, 5.41) is 0. The predicted molar refractivity (Wildman–Crippen MR) is 335 cm³/mol. The van der Waals surface area contributed by atoms with Crippen LogP contribution < -0.4 is 9.64 Å². The average molecular weight is 1030 g/mol. The van der Waals surface area contributed by atoms with Crippen molar-refractivity contribution in [3.05, 3.63) is 271 Å². The minimum atomic E-state index is -0.137. The van der Waals surface area contributed by atoms with Crippen molar-refractivity contribution in [2.45, 2.75) is 70.1 Å². The Labute approximate surface area is 471 Å². The summed E-state index contributed by atoms with van der Waals surface area (Å²) in [4.78, 5) is 2.55. The average Bonchev–Trinajstić information content (AvgIpc) is 4.02. The van der Waals surface area contributed by atoms with Crippen LogP contribution in [0.3, 0.4) is 0 Å².